The van der Waals surface area contributed by atoms with Crippen LogP contribution in [0.5, 0.6) is 0 Å². The average Bonchev–Trinajstić information content (AvgIpc) is 2.92. The molecule has 1 fully saturated rings. The van der Waals surface area contributed by atoms with Crippen molar-refractivity contribution in [3.8, 4) is 0 Å². The van der Waals surface area contributed by atoms with Crippen molar-refractivity contribution in [2.24, 2.45) is 11.7 Å². The monoisotopic (exact) mass is 609 g/mol. The van der Waals surface area contributed by atoms with E-state index in [0.29, 0.717) is 59.5 Å². The first kappa shape index (κ1) is 30.9. The number of aromatic nitrogens is 2. The number of amides is 1. The molecule has 2 unspecified atom stereocenters. The second-order valence-electron chi connectivity index (χ2n) is 10.6. The Kier molecular flexibility index (Phi) is 9.66. The van der Waals surface area contributed by atoms with Crippen LogP contribution in [-0.4, -0.2) is 46.5 Å². The summed E-state index contributed by atoms with van der Waals surface area (Å²) in [5, 5.41) is 0.830. The lowest BCUT2D eigenvalue weighted by Crippen LogP contribution is -2.52. The molecule has 7 nitrogen and oxygen atoms in total. The van der Waals surface area contributed by atoms with Gasteiger partial charge in [-0.05, 0) is 53.8 Å². The molecule has 220 valence electrons. The zero-order chi connectivity index (χ0) is 29.9. The fraction of sp³-hybridized carbons (Fsp3) is 0.414. The van der Waals surface area contributed by atoms with Crippen molar-refractivity contribution < 1.29 is 18.0 Å². The molecule has 0 spiro atoms. The first-order chi connectivity index (χ1) is 19.3. The molecule has 1 amide bonds. The molecule has 2 aromatic carbocycles. The summed E-state index contributed by atoms with van der Waals surface area (Å²) in [5.74, 6) is -0.0845. The molecular formula is C29H32Cl2F3N5O2. The Labute approximate surface area is 246 Å². The number of piperazine rings is 1. The Morgan fingerprint density at radius 2 is 1.76 bits per heavy atom. The third kappa shape index (κ3) is 7.42. The van der Waals surface area contributed by atoms with Crippen molar-refractivity contribution in [2.75, 3.05) is 31.1 Å². The molecule has 12 heteroatoms. The second-order valence-corrected chi connectivity index (χ2v) is 11.4. The van der Waals surface area contributed by atoms with Gasteiger partial charge in [0.25, 0.3) is 5.56 Å². The molecule has 41 heavy (non-hydrogen) atoms. The fourth-order valence-corrected chi connectivity index (χ4v) is 5.61. The molecule has 0 bridgehead atoms. The highest BCUT2D eigenvalue weighted by Gasteiger charge is 2.34. The number of hydrogen-bond acceptors (Lipinski definition) is 5. The lowest BCUT2D eigenvalue weighted by molar-refractivity contribution is -0.137. The van der Waals surface area contributed by atoms with Crippen LogP contribution in [0.3, 0.4) is 0 Å². The van der Waals surface area contributed by atoms with Gasteiger partial charge in [-0.2, -0.15) is 13.2 Å². The highest BCUT2D eigenvalue weighted by atomic mass is 35.5. The van der Waals surface area contributed by atoms with Crippen LogP contribution in [0.15, 0.2) is 59.8 Å². The van der Waals surface area contributed by atoms with Crippen LogP contribution < -0.4 is 16.2 Å². The van der Waals surface area contributed by atoms with Crippen LogP contribution in [0, 0.1) is 5.92 Å². The molecule has 2 N–H and O–H groups in total. The third-order valence-electron chi connectivity index (χ3n) is 7.21. The molecule has 1 aliphatic rings. The number of hydrogen-bond donors (Lipinski definition) is 1. The van der Waals surface area contributed by atoms with E-state index in [-0.39, 0.29) is 23.8 Å². The van der Waals surface area contributed by atoms with E-state index in [4.69, 9.17) is 28.9 Å². The summed E-state index contributed by atoms with van der Waals surface area (Å²) in [7, 11) is 0. The Hall–Kier alpha value is -3.08. The minimum absolute atomic E-state index is 0.147. The fourth-order valence-electron chi connectivity index (χ4n) is 5.12. The molecule has 2 heterocycles. The molecule has 3 aromatic rings. The predicted octanol–water partition coefficient (Wildman–Crippen LogP) is 5.75. The summed E-state index contributed by atoms with van der Waals surface area (Å²) >= 11 is 12.4. The summed E-state index contributed by atoms with van der Waals surface area (Å²) < 4.78 is 41.8. The zero-order valence-corrected chi connectivity index (χ0v) is 24.3. The van der Waals surface area contributed by atoms with E-state index in [1.807, 2.05) is 18.7 Å². The molecule has 1 aromatic heterocycles. The lowest BCUT2D eigenvalue weighted by atomic mass is 9.94. The van der Waals surface area contributed by atoms with Crippen LogP contribution in [0.4, 0.5) is 18.9 Å². The second kappa shape index (κ2) is 12.8. The molecule has 0 aliphatic carbocycles. The van der Waals surface area contributed by atoms with Crippen LogP contribution in [0.1, 0.15) is 49.0 Å². The number of benzene rings is 2. The van der Waals surface area contributed by atoms with E-state index in [2.05, 4.69) is 4.98 Å². The van der Waals surface area contributed by atoms with Crippen molar-refractivity contribution in [2.45, 2.75) is 44.9 Å². The van der Waals surface area contributed by atoms with Crippen molar-refractivity contribution >= 4 is 34.8 Å². The standard InChI is InChI=1S/C29H32Cl2F3N5O2/c1-18(2)13-24(35)22-15-20(29(32,33)34)4-6-25(22)37-9-11-38(12-10-37)28(41)26(39-17-36-8-7-27(39)40)14-19-3-5-21(30)16-23(19)31/h3-8,15-18,24,26H,9-14,35H2,1-2H3. The van der Waals surface area contributed by atoms with E-state index in [9.17, 15) is 22.8 Å². The molecule has 0 radical (unpaired) electrons. The van der Waals surface area contributed by atoms with Gasteiger partial charge in [0, 0.05) is 66.6 Å². The topological polar surface area (TPSA) is 84.5 Å². The highest BCUT2D eigenvalue weighted by Crippen LogP contribution is 2.37. The van der Waals surface area contributed by atoms with Crippen molar-refractivity contribution in [3.63, 3.8) is 0 Å². The van der Waals surface area contributed by atoms with Gasteiger partial charge in [0.15, 0.2) is 0 Å². The van der Waals surface area contributed by atoms with Crippen molar-refractivity contribution in [3.05, 3.63) is 92.1 Å². The van der Waals surface area contributed by atoms with Gasteiger partial charge in [0.05, 0.1) is 11.9 Å². The summed E-state index contributed by atoms with van der Waals surface area (Å²) in [4.78, 5) is 34.2. The number of carbonyl (C=O) groups is 1. The Balaban J connectivity index is 1.57. The Bertz CT molecular complexity index is 1440. The maximum Gasteiger partial charge on any atom is 0.416 e. The minimum Gasteiger partial charge on any atom is -0.368 e. The van der Waals surface area contributed by atoms with Gasteiger partial charge in [-0.15, -0.1) is 0 Å². The first-order valence-electron chi connectivity index (χ1n) is 13.3. The molecule has 0 saturated carbocycles. The number of halogens is 5. The largest absolute Gasteiger partial charge is 0.416 e. The molecular weight excluding hydrogens is 578 g/mol. The van der Waals surface area contributed by atoms with Gasteiger partial charge >= 0.3 is 6.18 Å². The van der Waals surface area contributed by atoms with Gasteiger partial charge in [-0.1, -0.05) is 43.1 Å². The highest BCUT2D eigenvalue weighted by molar-refractivity contribution is 6.35. The maximum atomic E-state index is 13.8. The number of nitrogens with two attached hydrogens (primary N) is 1. The van der Waals surface area contributed by atoms with E-state index >= 15 is 0 Å². The predicted molar refractivity (Wildman–Crippen MR) is 154 cm³/mol. The average molecular weight is 611 g/mol. The van der Waals surface area contributed by atoms with Crippen molar-refractivity contribution in [1.82, 2.24) is 14.5 Å². The van der Waals surface area contributed by atoms with Crippen LogP contribution in [0.2, 0.25) is 10.0 Å². The Morgan fingerprint density at radius 1 is 1.05 bits per heavy atom. The van der Waals surface area contributed by atoms with Gasteiger partial charge in [0.1, 0.15) is 6.04 Å². The molecule has 2 atom stereocenters. The number of nitrogens with zero attached hydrogens (tertiary/aromatic N) is 4. The molecule has 1 aliphatic heterocycles. The van der Waals surface area contributed by atoms with E-state index in [1.165, 1.54) is 29.2 Å². The SMILES string of the molecule is CC(C)CC(N)c1cc(C(F)(F)F)ccc1N1CCN(C(=O)C(Cc2ccc(Cl)cc2Cl)n2cnccc2=O)CC1. The summed E-state index contributed by atoms with van der Waals surface area (Å²) in [6.45, 7) is 5.32. The number of anilines is 1. The van der Waals surface area contributed by atoms with Gasteiger partial charge < -0.3 is 15.5 Å². The first-order valence-corrected chi connectivity index (χ1v) is 14.1. The smallest absolute Gasteiger partial charge is 0.368 e. The lowest BCUT2D eigenvalue weighted by Gasteiger charge is -2.39. The van der Waals surface area contributed by atoms with Crippen LogP contribution in [0.25, 0.3) is 0 Å². The maximum absolute atomic E-state index is 13.8. The summed E-state index contributed by atoms with van der Waals surface area (Å²) in [5.41, 5.74) is 6.99. The zero-order valence-electron chi connectivity index (χ0n) is 22.7. The number of rotatable bonds is 8. The minimum atomic E-state index is -4.48. The van der Waals surface area contributed by atoms with Crippen molar-refractivity contribution in [1.29, 1.82) is 0 Å². The Morgan fingerprint density at radius 3 is 2.37 bits per heavy atom. The number of alkyl halides is 3. The molecule has 4 rings (SSSR count). The van der Waals surface area contributed by atoms with Gasteiger partial charge in [0.2, 0.25) is 5.91 Å². The third-order valence-corrected chi connectivity index (χ3v) is 7.80. The van der Waals surface area contributed by atoms with E-state index in [0.717, 1.165) is 12.1 Å². The number of carbonyl (C=O) groups excluding carboxylic acids is 1. The van der Waals surface area contributed by atoms with E-state index in [1.54, 1.807) is 23.1 Å². The van der Waals surface area contributed by atoms with Crippen LogP contribution in [-0.2, 0) is 17.4 Å². The van der Waals surface area contributed by atoms with Gasteiger partial charge in [-0.25, -0.2) is 4.98 Å². The molecule has 1 saturated heterocycles. The van der Waals surface area contributed by atoms with E-state index < -0.39 is 23.8 Å². The summed E-state index contributed by atoms with van der Waals surface area (Å²) in [6.07, 6.45) is -1.12. The van der Waals surface area contributed by atoms with Crippen LogP contribution >= 0.6 is 23.2 Å². The quantitative estimate of drug-likeness (QED) is 0.352. The van der Waals surface area contributed by atoms with Gasteiger partial charge in [-0.3, -0.25) is 14.2 Å². The summed E-state index contributed by atoms with van der Waals surface area (Å²) in [6, 6.07) is 8.46. The normalized spacial score (nSPS) is 15.7.